The molecule has 1 aromatic carbocycles. The van der Waals surface area contributed by atoms with E-state index in [9.17, 15) is 0 Å². The Kier molecular flexibility index (Phi) is 5.70. The topological polar surface area (TPSA) is 39.1 Å². The van der Waals surface area contributed by atoms with Crippen LogP contribution in [0.25, 0.3) is 0 Å². The van der Waals surface area contributed by atoms with E-state index >= 15 is 0 Å². The van der Waals surface area contributed by atoms with Crippen LogP contribution in [0.3, 0.4) is 0 Å². The second-order valence-electron chi connectivity index (χ2n) is 5.46. The fourth-order valence-corrected chi connectivity index (χ4v) is 2.93. The zero-order valence-electron chi connectivity index (χ0n) is 12.0. The molecule has 3 nitrogen and oxygen atoms in total. The highest BCUT2D eigenvalue weighted by Gasteiger charge is 2.17. The van der Waals surface area contributed by atoms with Crippen molar-refractivity contribution in [2.24, 2.45) is 0 Å². The van der Waals surface area contributed by atoms with Gasteiger partial charge in [-0.25, -0.2) is 0 Å². The van der Waals surface area contributed by atoms with Crippen LogP contribution < -0.4 is 5.32 Å². The summed E-state index contributed by atoms with van der Waals surface area (Å²) in [5.74, 6) is 0. The number of piperidine rings is 1. The first-order valence-electron chi connectivity index (χ1n) is 7.38. The first-order chi connectivity index (χ1) is 9.70. The Balaban J connectivity index is 1.78. The zero-order chi connectivity index (χ0) is 14.4. The average Bonchev–Trinajstić information content (AvgIpc) is 2.45. The van der Waals surface area contributed by atoms with Crippen LogP contribution in [0.15, 0.2) is 18.2 Å². The third-order valence-corrected chi connectivity index (χ3v) is 4.22. The molecule has 1 saturated heterocycles. The van der Waals surface area contributed by atoms with Crippen molar-refractivity contribution in [2.45, 2.75) is 38.6 Å². The number of rotatable bonds is 5. The van der Waals surface area contributed by atoms with Crippen molar-refractivity contribution in [1.29, 1.82) is 5.26 Å². The van der Waals surface area contributed by atoms with Crippen molar-refractivity contribution >= 4 is 17.3 Å². The van der Waals surface area contributed by atoms with Gasteiger partial charge in [-0.2, -0.15) is 5.26 Å². The summed E-state index contributed by atoms with van der Waals surface area (Å²) in [6, 6.07) is 8.24. The first-order valence-corrected chi connectivity index (χ1v) is 7.76. The zero-order valence-corrected chi connectivity index (χ0v) is 12.8. The molecule has 1 aromatic rings. The molecule has 4 heteroatoms. The van der Waals surface area contributed by atoms with Crippen molar-refractivity contribution < 1.29 is 0 Å². The molecule has 1 aliphatic rings. The summed E-state index contributed by atoms with van der Waals surface area (Å²) < 4.78 is 0. The van der Waals surface area contributed by atoms with Crippen LogP contribution in [0, 0.1) is 11.3 Å². The van der Waals surface area contributed by atoms with Gasteiger partial charge >= 0.3 is 0 Å². The lowest BCUT2D eigenvalue weighted by atomic mass is 10.0. The first kappa shape index (κ1) is 15.2. The van der Waals surface area contributed by atoms with Crippen LogP contribution in [-0.2, 0) is 0 Å². The summed E-state index contributed by atoms with van der Waals surface area (Å²) in [7, 11) is 0. The van der Waals surface area contributed by atoms with E-state index in [1.165, 1.54) is 25.8 Å². The highest BCUT2D eigenvalue weighted by Crippen LogP contribution is 2.20. The van der Waals surface area contributed by atoms with Crippen LogP contribution in [-0.4, -0.2) is 30.6 Å². The van der Waals surface area contributed by atoms with Gasteiger partial charge in [-0.15, -0.1) is 0 Å². The van der Waals surface area contributed by atoms with E-state index in [1.54, 1.807) is 12.1 Å². The summed E-state index contributed by atoms with van der Waals surface area (Å²) in [4.78, 5) is 2.56. The molecule has 0 bridgehead atoms. The van der Waals surface area contributed by atoms with Crippen LogP contribution in [0.4, 0.5) is 5.69 Å². The monoisotopic (exact) mass is 291 g/mol. The Morgan fingerprint density at radius 1 is 1.45 bits per heavy atom. The van der Waals surface area contributed by atoms with Gasteiger partial charge in [-0.3, -0.25) is 0 Å². The Bertz CT molecular complexity index is 481. The van der Waals surface area contributed by atoms with Crippen molar-refractivity contribution in [3.05, 3.63) is 28.8 Å². The van der Waals surface area contributed by atoms with Gasteiger partial charge in [0, 0.05) is 24.2 Å². The smallest absolute Gasteiger partial charge is 0.101 e. The number of anilines is 1. The molecule has 1 unspecified atom stereocenters. The van der Waals surface area contributed by atoms with E-state index < -0.39 is 0 Å². The van der Waals surface area contributed by atoms with Crippen molar-refractivity contribution in [2.75, 3.05) is 25.0 Å². The number of hydrogen-bond acceptors (Lipinski definition) is 3. The van der Waals surface area contributed by atoms with Gasteiger partial charge in [0.25, 0.3) is 0 Å². The molecule has 20 heavy (non-hydrogen) atoms. The Morgan fingerprint density at radius 2 is 2.30 bits per heavy atom. The lowest BCUT2D eigenvalue weighted by Crippen LogP contribution is -2.38. The van der Waals surface area contributed by atoms with Crippen LogP contribution >= 0.6 is 11.6 Å². The third-order valence-electron chi connectivity index (χ3n) is 3.98. The molecule has 0 spiro atoms. The minimum Gasteiger partial charge on any atom is -0.384 e. The van der Waals surface area contributed by atoms with Gasteiger partial charge in [0.15, 0.2) is 0 Å². The maximum absolute atomic E-state index is 9.06. The SMILES string of the molecule is CC1CCCCN1CCCNc1cc(Cl)ccc1C#N. The standard InChI is InChI=1S/C16H22ClN3/c1-13-5-2-3-9-20(13)10-4-8-19-16-11-15(17)7-6-14(16)12-18/h6-7,11,13,19H,2-5,8-10H2,1H3. The molecule has 108 valence electrons. The second-order valence-corrected chi connectivity index (χ2v) is 5.90. The number of hydrogen-bond donors (Lipinski definition) is 1. The number of nitrogens with zero attached hydrogens (tertiary/aromatic N) is 2. The third kappa shape index (κ3) is 4.13. The number of halogens is 1. The molecule has 1 N–H and O–H groups in total. The fraction of sp³-hybridized carbons (Fsp3) is 0.562. The largest absolute Gasteiger partial charge is 0.384 e. The molecule has 0 aliphatic carbocycles. The molecular weight excluding hydrogens is 270 g/mol. The maximum Gasteiger partial charge on any atom is 0.101 e. The summed E-state index contributed by atoms with van der Waals surface area (Å²) in [6.07, 6.45) is 5.09. The van der Waals surface area contributed by atoms with Gasteiger partial charge in [-0.05, 0) is 50.9 Å². The number of benzene rings is 1. The molecule has 0 aromatic heterocycles. The van der Waals surface area contributed by atoms with E-state index in [4.69, 9.17) is 16.9 Å². The number of nitriles is 1. The van der Waals surface area contributed by atoms with E-state index in [0.717, 1.165) is 25.2 Å². The molecular formula is C16H22ClN3. The van der Waals surface area contributed by atoms with Gasteiger partial charge < -0.3 is 10.2 Å². The van der Waals surface area contributed by atoms with E-state index in [0.29, 0.717) is 16.6 Å². The molecule has 2 rings (SSSR count). The molecule has 0 saturated carbocycles. The minimum atomic E-state index is 0.653. The molecule has 1 atom stereocenters. The lowest BCUT2D eigenvalue weighted by Gasteiger charge is -2.33. The van der Waals surface area contributed by atoms with Crippen molar-refractivity contribution in [1.82, 2.24) is 4.90 Å². The second kappa shape index (κ2) is 7.52. The summed E-state index contributed by atoms with van der Waals surface area (Å²) in [6.45, 7) is 5.54. The molecule has 0 radical (unpaired) electrons. The van der Waals surface area contributed by atoms with Gasteiger partial charge in [0.1, 0.15) is 6.07 Å². The van der Waals surface area contributed by atoms with Crippen molar-refractivity contribution in [3.8, 4) is 6.07 Å². The van der Waals surface area contributed by atoms with Gasteiger partial charge in [0.05, 0.1) is 11.3 Å². The Morgan fingerprint density at radius 3 is 3.05 bits per heavy atom. The highest BCUT2D eigenvalue weighted by molar-refractivity contribution is 6.30. The number of likely N-dealkylation sites (tertiary alicyclic amines) is 1. The highest BCUT2D eigenvalue weighted by atomic mass is 35.5. The van der Waals surface area contributed by atoms with Crippen LogP contribution in [0.5, 0.6) is 0 Å². The van der Waals surface area contributed by atoms with Crippen LogP contribution in [0.1, 0.15) is 38.2 Å². The van der Waals surface area contributed by atoms with E-state index in [-0.39, 0.29) is 0 Å². The Hall–Kier alpha value is -1.24. The van der Waals surface area contributed by atoms with E-state index in [1.807, 2.05) is 6.07 Å². The normalized spacial score (nSPS) is 19.6. The fourth-order valence-electron chi connectivity index (χ4n) is 2.76. The summed E-state index contributed by atoms with van der Waals surface area (Å²) >= 11 is 5.97. The predicted octanol–water partition coefficient (Wildman–Crippen LogP) is 3.89. The molecule has 1 heterocycles. The molecule has 0 amide bonds. The maximum atomic E-state index is 9.06. The quantitative estimate of drug-likeness (QED) is 0.837. The van der Waals surface area contributed by atoms with Gasteiger partial charge in [-0.1, -0.05) is 18.0 Å². The van der Waals surface area contributed by atoms with Crippen LogP contribution in [0.2, 0.25) is 5.02 Å². The Labute approximate surface area is 126 Å². The predicted molar refractivity (Wildman–Crippen MR) is 84.2 cm³/mol. The summed E-state index contributed by atoms with van der Waals surface area (Å²) in [5.41, 5.74) is 1.49. The lowest BCUT2D eigenvalue weighted by molar-refractivity contribution is 0.160. The van der Waals surface area contributed by atoms with E-state index in [2.05, 4.69) is 23.2 Å². The summed E-state index contributed by atoms with van der Waals surface area (Å²) in [5, 5.41) is 13.1. The van der Waals surface area contributed by atoms with Gasteiger partial charge in [0.2, 0.25) is 0 Å². The molecule has 1 aliphatic heterocycles. The number of nitrogens with one attached hydrogen (secondary N) is 1. The average molecular weight is 292 g/mol. The molecule has 1 fully saturated rings. The van der Waals surface area contributed by atoms with Crippen molar-refractivity contribution in [3.63, 3.8) is 0 Å². The minimum absolute atomic E-state index is 0.653.